The molecule has 0 aromatic heterocycles. The number of carbonyl (C=O) groups excluding carboxylic acids is 2. The molecule has 2 aromatic rings. The predicted molar refractivity (Wildman–Crippen MR) is 116 cm³/mol. The summed E-state index contributed by atoms with van der Waals surface area (Å²) in [5, 5.41) is 2.91. The lowest BCUT2D eigenvalue weighted by Gasteiger charge is -2.31. The standard InChI is InChI=1S/C24H30N2O3/c1-18(27)21-4-3-5-22(16-21)25-24(28)17-26-14-12-20(13-15-26)7-6-19-8-10-23(29-2)11-9-19/h3-5,8-11,16,20H,6-7,12-15,17H2,1-2H3,(H,25,28). The Labute approximate surface area is 173 Å². The first-order chi connectivity index (χ1) is 14.0. The first-order valence-electron chi connectivity index (χ1n) is 10.3. The van der Waals surface area contributed by atoms with Gasteiger partial charge in [-0.25, -0.2) is 0 Å². The number of rotatable bonds is 8. The number of carbonyl (C=O) groups is 2. The van der Waals surface area contributed by atoms with E-state index in [2.05, 4.69) is 22.3 Å². The van der Waals surface area contributed by atoms with Crippen molar-refractivity contribution in [3.63, 3.8) is 0 Å². The Morgan fingerprint density at radius 3 is 2.48 bits per heavy atom. The topological polar surface area (TPSA) is 58.6 Å². The molecule has 29 heavy (non-hydrogen) atoms. The van der Waals surface area contributed by atoms with Crippen LogP contribution in [-0.2, 0) is 11.2 Å². The van der Waals surface area contributed by atoms with E-state index in [0.29, 0.717) is 23.7 Å². The van der Waals surface area contributed by atoms with E-state index in [1.54, 1.807) is 25.3 Å². The molecule has 1 aliphatic heterocycles. The van der Waals surface area contributed by atoms with E-state index in [1.165, 1.54) is 18.9 Å². The van der Waals surface area contributed by atoms with Crippen LogP contribution >= 0.6 is 0 Å². The van der Waals surface area contributed by atoms with Crippen LogP contribution in [-0.4, -0.2) is 43.3 Å². The van der Waals surface area contributed by atoms with Gasteiger partial charge in [0.15, 0.2) is 5.78 Å². The fraction of sp³-hybridized carbons (Fsp3) is 0.417. The number of Topliss-reactive ketones (excluding diaryl/α,β-unsaturated/α-hetero) is 1. The highest BCUT2D eigenvalue weighted by atomic mass is 16.5. The van der Waals surface area contributed by atoms with Crippen LogP contribution in [0.25, 0.3) is 0 Å². The molecular weight excluding hydrogens is 364 g/mol. The average molecular weight is 395 g/mol. The van der Waals surface area contributed by atoms with Crippen molar-refractivity contribution in [3.8, 4) is 5.75 Å². The van der Waals surface area contributed by atoms with Gasteiger partial charge in [-0.15, -0.1) is 0 Å². The zero-order chi connectivity index (χ0) is 20.6. The minimum absolute atomic E-state index is 0.00203. The number of piperidine rings is 1. The van der Waals surface area contributed by atoms with Crippen molar-refractivity contribution in [1.29, 1.82) is 0 Å². The molecule has 0 aliphatic carbocycles. The maximum atomic E-state index is 12.4. The lowest BCUT2D eigenvalue weighted by Crippen LogP contribution is -2.39. The summed E-state index contributed by atoms with van der Waals surface area (Å²) in [4.78, 5) is 26.1. The van der Waals surface area contributed by atoms with Gasteiger partial charge in [0.25, 0.3) is 0 Å². The Bertz CT molecular complexity index is 824. The van der Waals surface area contributed by atoms with Gasteiger partial charge in [-0.2, -0.15) is 0 Å². The maximum Gasteiger partial charge on any atom is 0.238 e. The van der Waals surface area contributed by atoms with Crippen LogP contribution in [0.1, 0.15) is 42.1 Å². The Balaban J connectivity index is 1.39. The zero-order valence-corrected chi connectivity index (χ0v) is 17.3. The van der Waals surface area contributed by atoms with Gasteiger partial charge in [0.05, 0.1) is 13.7 Å². The fourth-order valence-corrected chi connectivity index (χ4v) is 3.82. The van der Waals surface area contributed by atoms with Gasteiger partial charge in [0.1, 0.15) is 5.75 Å². The minimum atomic E-state index is -0.0256. The molecule has 2 aromatic carbocycles. The molecule has 0 saturated carbocycles. The van der Waals surface area contributed by atoms with E-state index in [9.17, 15) is 9.59 Å². The van der Waals surface area contributed by atoms with Gasteiger partial charge < -0.3 is 10.1 Å². The van der Waals surface area contributed by atoms with Crippen LogP contribution in [0.5, 0.6) is 5.75 Å². The van der Waals surface area contributed by atoms with Crippen molar-refractivity contribution < 1.29 is 14.3 Å². The number of hydrogen-bond acceptors (Lipinski definition) is 4. The van der Waals surface area contributed by atoms with E-state index >= 15 is 0 Å². The summed E-state index contributed by atoms with van der Waals surface area (Å²) in [6, 6.07) is 15.4. The third kappa shape index (κ3) is 6.43. The third-order valence-electron chi connectivity index (χ3n) is 5.63. The van der Waals surface area contributed by atoms with Gasteiger partial charge in [0, 0.05) is 11.3 Å². The van der Waals surface area contributed by atoms with Crippen LogP contribution in [0.15, 0.2) is 48.5 Å². The summed E-state index contributed by atoms with van der Waals surface area (Å²) in [5.41, 5.74) is 2.64. The van der Waals surface area contributed by atoms with Crippen LogP contribution < -0.4 is 10.1 Å². The molecule has 3 rings (SSSR count). The number of anilines is 1. The normalized spacial score (nSPS) is 15.1. The summed E-state index contributed by atoms with van der Waals surface area (Å²) >= 11 is 0. The molecule has 1 saturated heterocycles. The van der Waals surface area contributed by atoms with Crippen molar-refractivity contribution >= 4 is 17.4 Å². The quantitative estimate of drug-likeness (QED) is 0.683. The summed E-state index contributed by atoms with van der Waals surface area (Å²) in [7, 11) is 1.69. The molecular formula is C24H30N2O3. The summed E-state index contributed by atoms with van der Waals surface area (Å²) in [6.45, 7) is 3.83. The number of aryl methyl sites for hydroxylation is 1. The smallest absolute Gasteiger partial charge is 0.238 e. The Hall–Kier alpha value is -2.66. The van der Waals surface area contributed by atoms with Crippen LogP contribution in [0.4, 0.5) is 5.69 Å². The number of benzene rings is 2. The molecule has 5 heteroatoms. The lowest BCUT2D eigenvalue weighted by atomic mass is 9.90. The molecule has 0 radical (unpaired) electrons. The highest BCUT2D eigenvalue weighted by Crippen LogP contribution is 2.23. The van der Waals surface area contributed by atoms with Crippen molar-refractivity contribution in [2.75, 3.05) is 32.1 Å². The Morgan fingerprint density at radius 1 is 1.10 bits per heavy atom. The zero-order valence-electron chi connectivity index (χ0n) is 17.3. The number of ketones is 1. The van der Waals surface area contributed by atoms with E-state index < -0.39 is 0 Å². The van der Waals surface area contributed by atoms with E-state index in [0.717, 1.165) is 38.1 Å². The van der Waals surface area contributed by atoms with Gasteiger partial charge in [-0.05, 0) is 81.4 Å². The number of amides is 1. The number of likely N-dealkylation sites (tertiary alicyclic amines) is 1. The summed E-state index contributed by atoms with van der Waals surface area (Å²) in [6.07, 6.45) is 4.53. The van der Waals surface area contributed by atoms with Gasteiger partial charge >= 0.3 is 0 Å². The Kier molecular flexibility index (Phi) is 7.42. The second kappa shape index (κ2) is 10.2. The van der Waals surface area contributed by atoms with Crippen LogP contribution in [0, 0.1) is 5.92 Å². The molecule has 0 bridgehead atoms. The van der Waals surface area contributed by atoms with E-state index in [1.807, 2.05) is 18.2 Å². The molecule has 1 aliphatic rings. The number of hydrogen-bond donors (Lipinski definition) is 1. The molecule has 1 heterocycles. The minimum Gasteiger partial charge on any atom is -0.497 e. The van der Waals surface area contributed by atoms with Crippen LogP contribution in [0.3, 0.4) is 0 Å². The van der Waals surface area contributed by atoms with Crippen molar-refractivity contribution in [2.45, 2.75) is 32.6 Å². The summed E-state index contributed by atoms with van der Waals surface area (Å²) < 4.78 is 5.21. The van der Waals surface area contributed by atoms with Crippen LogP contribution in [0.2, 0.25) is 0 Å². The molecule has 1 N–H and O–H groups in total. The number of nitrogens with zero attached hydrogens (tertiary/aromatic N) is 1. The number of nitrogens with one attached hydrogen (secondary N) is 1. The molecule has 5 nitrogen and oxygen atoms in total. The first-order valence-corrected chi connectivity index (χ1v) is 10.3. The molecule has 0 spiro atoms. The average Bonchev–Trinajstić information content (AvgIpc) is 2.73. The highest BCUT2D eigenvalue weighted by molar-refractivity contribution is 5.97. The van der Waals surface area contributed by atoms with Crippen molar-refractivity contribution in [2.24, 2.45) is 5.92 Å². The monoisotopic (exact) mass is 394 g/mol. The SMILES string of the molecule is COc1ccc(CCC2CCN(CC(=O)Nc3cccc(C(C)=O)c3)CC2)cc1. The molecule has 1 fully saturated rings. The van der Waals surface area contributed by atoms with Gasteiger partial charge in [-0.3, -0.25) is 14.5 Å². The molecule has 0 atom stereocenters. The first kappa shape index (κ1) is 21.1. The van der Waals surface area contributed by atoms with E-state index in [-0.39, 0.29) is 11.7 Å². The predicted octanol–water partition coefficient (Wildman–Crippen LogP) is 4.18. The molecule has 1 amide bonds. The largest absolute Gasteiger partial charge is 0.497 e. The number of methoxy groups -OCH3 is 1. The third-order valence-corrected chi connectivity index (χ3v) is 5.63. The van der Waals surface area contributed by atoms with Gasteiger partial charge in [-0.1, -0.05) is 24.3 Å². The summed E-state index contributed by atoms with van der Waals surface area (Å²) in [5.74, 6) is 1.58. The lowest BCUT2D eigenvalue weighted by molar-refractivity contribution is -0.117. The second-order valence-electron chi connectivity index (χ2n) is 7.79. The fourth-order valence-electron chi connectivity index (χ4n) is 3.82. The molecule has 154 valence electrons. The maximum absolute atomic E-state index is 12.4. The van der Waals surface area contributed by atoms with Crippen molar-refractivity contribution in [3.05, 3.63) is 59.7 Å². The molecule has 0 unspecified atom stereocenters. The van der Waals surface area contributed by atoms with Crippen molar-refractivity contribution in [1.82, 2.24) is 4.90 Å². The second-order valence-corrected chi connectivity index (χ2v) is 7.79. The Morgan fingerprint density at radius 2 is 1.83 bits per heavy atom. The highest BCUT2D eigenvalue weighted by Gasteiger charge is 2.20. The van der Waals surface area contributed by atoms with E-state index in [4.69, 9.17) is 4.74 Å². The van der Waals surface area contributed by atoms with Gasteiger partial charge in [0.2, 0.25) is 5.91 Å². The number of ether oxygens (including phenoxy) is 1.